The van der Waals surface area contributed by atoms with Crippen molar-refractivity contribution in [3.05, 3.63) is 0 Å². The highest BCUT2D eigenvalue weighted by Gasteiger charge is 2.43. The lowest BCUT2D eigenvalue weighted by molar-refractivity contribution is -0.155. The summed E-state index contributed by atoms with van der Waals surface area (Å²) in [5.41, 5.74) is 0.523. The summed E-state index contributed by atoms with van der Waals surface area (Å²) in [7, 11) is 0. The number of alkyl halides is 1. The van der Waals surface area contributed by atoms with Crippen LogP contribution in [-0.2, 0) is 9.47 Å². The van der Waals surface area contributed by atoms with E-state index in [1.807, 2.05) is 0 Å². The van der Waals surface area contributed by atoms with Crippen LogP contribution in [0.5, 0.6) is 0 Å². The molecule has 2 fully saturated rings. The Balaban J connectivity index is 1.73. The maximum absolute atomic E-state index is 6.25. The van der Waals surface area contributed by atoms with Crippen LogP contribution in [0.2, 0.25) is 0 Å². The van der Waals surface area contributed by atoms with E-state index in [-0.39, 0.29) is 6.10 Å². The fourth-order valence-corrected chi connectivity index (χ4v) is 3.74. The minimum absolute atomic E-state index is 0.278. The summed E-state index contributed by atoms with van der Waals surface area (Å²) >= 11 is 3.68. The molecule has 0 spiro atoms. The quantitative estimate of drug-likeness (QED) is 0.703. The fourth-order valence-electron chi connectivity index (χ4n) is 2.88. The topological polar surface area (TPSA) is 18.5 Å². The molecule has 0 amide bonds. The Kier molecular flexibility index (Phi) is 5.13. The van der Waals surface area contributed by atoms with Crippen LogP contribution in [0.25, 0.3) is 0 Å². The number of rotatable bonds is 5. The van der Waals surface area contributed by atoms with Crippen LogP contribution in [0, 0.1) is 5.41 Å². The lowest BCUT2D eigenvalue weighted by Crippen LogP contribution is -2.52. The molecule has 3 heteroatoms. The fraction of sp³-hybridized carbons (Fsp3) is 1.00. The lowest BCUT2D eigenvalue weighted by atomic mass is 9.76. The molecule has 3 unspecified atom stereocenters. The first-order chi connectivity index (χ1) is 8.52. The molecule has 2 aliphatic rings. The Labute approximate surface area is 120 Å². The maximum Gasteiger partial charge on any atom is 0.0962 e. The van der Waals surface area contributed by atoms with E-state index in [1.165, 1.54) is 25.7 Å². The zero-order valence-electron chi connectivity index (χ0n) is 12.0. The van der Waals surface area contributed by atoms with Gasteiger partial charge in [-0.3, -0.25) is 0 Å². The number of hydrogen-bond donors (Lipinski definition) is 0. The number of ether oxygens (including phenoxy) is 2. The van der Waals surface area contributed by atoms with Gasteiger partial charge >= 0.3 is 0 Å². The van der Waals surface area contributed by atoms with Gasteiger partial charge in [0.1, 0.15) is 0 Å². The van der Waals surface area contributed by atoms with Crippen molar-refractivity contribution in [2.24, 2.45) is 5.41 Å². The van der Waals surface area contributed by atoms with Gasteiger partial charge in [-0.15, -0.1) is 0 Å². The van der Waals surface area contributed by atoms with Gasteiger partial charge in [-0.1, -0.05) is 36.7 Å². The smallest absolute Gasteiger partial charge is 0.0962 e. The van der Waals surface area contributed by atoms with Crippen molar-refractivity contribution in [3.63, 3.8) is 0 Å². The van der Waals surface area contributed by atoms with Gasteiger partial charge in [-0.05, 0) is 43.9 Å². The largest absolute Gasteiger partial charge is 0.374 e. The molecular weight excluding hydrogens is 292 g/mol. The van der Waals surface area contributed by atoms with E-state index >= 15 is 0 Å². The molecule has 2 saturated carbocycles. The van der Waals surface area contributed by atoms with Gasteiger partial charge in [0.15, 0.2) is 0 Å². The monoisotopic (exact) mass is 318 g/mol. The minimum atomic E-state index is 0.278. The highest BCUT2D eigenvalue weighted by molar-refractivity contribution is 9.09. The number of halogens is 1. The van der Waals surface area contributed by atoms with Crippen molar-refractivity contribution < 1.29 is 9.47 Å². The second-order valence-corrected chi connectivity index (χ2v) is 7.80. The molecule has 0 saturated heterocycles. The minimum Gasteiger partial charge on any atom is -0.374 e. The molecular formula is C15H27BrO2. The average molecular weight is 319 g/mol. The van der Waals surface area contributed by atoms with Crippen LogP contribution in [-0.4, -0.2) is 29.7 Å². The average Bonchev–Trinajstić information content (AvgIpc) is 2.31. The van der Waals surface area contributed by atoms with Crippen molar-refractivity contribution in [2.45, 2.75) is 82.4 Å². The summed E-state index contributed by atoms with van der Waals surface area (Å²) in [4.78, 5) is 0.495. The first-order valence-corrected chi connectivity index (χ1v) is 8.34. The molecule has 2 rings (SSSR count). The third kappa shape index (κ3) is 3.71. The van der Waals surface area contributed by atoms with E-state index in [9.17, 15) is 0 Å². The van der Waals surface area contributed by atoms with Gasteiger partial charge in [0.25, 0.3) is 0 Å². The molecule has 2 nitrogen and oxygen atoms in total. The molecule has 0 aromatic carbocycles. The highest BCUT2D eigenvalue weighted by atomic mass is 79.9. The zero-order chi connectivity index (χ0) is 13.2. The molecule has 0 N–H and O–H groups in total. The second kappa shape index (κ2) is 6.23. The summed E-state index contributed by atoms with van der Waals surface area (Å²) in [5, 5.41) is 0. The third-order valence-corrected chi connectivity index (χ3v) is 5.24. The standard InChI is InChI=1S/C15H27BrO2/c1-4-9-17-14-12(16)10-13(14)18-11-5-7-15(2,3)8-6-11/h11-14H,4-10H2,1-3H3. The molecule has 0 aromatic rings. The van der Waals surface area contributed by atoms with Crippen molar-refractivity contribution in [1.29, 1.82) is 0 Å². The molecule has 0 aromatic heterocycles. The lowest BCUT2D eigenvalue weighted by Gasteiger charge is -2.44. The molecule has 2 aliphatic carbocycles. The maximum atomic E-state index is 6.25. The van der Waals surface area contributed by atoms with E-state index in [0.717, 1.165) is 19.4 Å². The Bertz CT molecular complexity index is 257. The van der Waals surface area contributed by atoms with Gasteiger partial charge in [-0.25, -0.2) is 0 Å². The SMILES string of the molecule is CCCOC1C(Br)CC1OC1CCC(C)(C)CC1. The summed E-state index contributed by atoms with van der Waals surface area (Å²) in [6.07, 6.45) is 8.29. The van der Waals surface area contributed by atoms with Gasteiger partial charge in [0.2, 0.25) is 0 Å². The van der Waals surface area contributed by atoms with E-state index < -0.39 is 0 Å². The first-order valence-electron chi connectivity index (χ1n) is 7.43. The van der Waals surface area contributed by atoms with Crippen molar-refractivity contribution in [2.75, 3.05) is 6.61 Å². The summed E-state index contributed by atoms with van der Waals surface area (Å²) in [6.45, 7) is 7.74. The highest BCUT2D eigenvalue weighted by Crippen LogP contribution is 2.40. The van der Waals surface area contributed by atoms with Gasteiger partial charge in [-0.2, -0.15) is 0 Å². The molecule has 0 bridgehead atoms. The predicted molar refractivity (Wildman–Crippen MR) is 78.3 cm³/mol. The Morgan fingerprint density at radius 1 is 1.22 bits per heavy atom. The van der Waals surface area contributed by atoms with Crippen LogP contribution in [0.3, 0.4) is 0 Å². The van der Waals surface area contributed by atoms with Crippen LogP contribution < -0.4 is 0 Å². The van der Waals surface area contributed by atoms with Crippen molar-refractivity contribution >= 4 is 15.9 Å². The molecule has 0 aliphatic heterocycles. The Morgan fingerprint density at radius 2 is 1.89 bits per heavy atom. The first kappa shape index (κ1) is 14.8. The third-order valence-electron chi connectivity index (χ3n) is 4.35. The Hall–Kier alpha value is 0.400. The summed E-state index contributed by atoms with van der Waals surface area (Å²) < 4.78 is 12.1. The van der Waals surface area contributed by atoms with E-state index in [1.54, 1.807) is 0 Å². The zero-order valence-corrected chi connectivity index (χ0v) is 13.5. The van der Waals surface area contributed by atoms with Gasteiger partial charge in [0, 0.05) is 11.4 Å². The molecule has 18 heavy (non-hydrogen) atoms. The van der Waals surface area contributed by atoms with Crippen molar-refractivity contribution in [1.82, 2.24) is 0 Å². The van der Waals surface area contributed by atoms with Crippen LogP contribution in [0.15, 0.2) is 0 Å². The van der Waals surface area contributed by atoms with E-state index in [2.05, 4.69) is 36.7 Å². The van der Waals surface area contributed by atoms with E-state index in [0.29, 0.717) is 22.5 Å². The molecule has 0 radical (unpaired) electrons. The van der Waals surface area contributed by atoms with E-state index in [4.69, 9.17) is 9.47 Å². The predicted octanol–water partition coefficient (Wildman–Crippen LogP) is 4.30. The van der Waals surface area contributed by atoms with Crippen LogP contribution >= 0.6 is 15.9 Å². The molecule has 3 atom stereocenters. The Morgan fingerprint density at radius 3 is 2.44 bits per heavy atom. The van der Waals surface area contributed by atoms with Crippen LogP contribution in [0.1, 0.15) is 59.3 Å². The summed E-state index contributed by atoms with van der Waals surface area (Å²) in [5.74, 6) is 0. The van der Waals surface area contributed by atoms with Crippen LogP contribution in [0.4, 0.5) is 0 Å². The normalized spacial score (nSPS) is 36.3. The summed E-state index contributed by atoms with van der Waals surface area (Å²) in [6, 6.07) is 0. The molecule has 0 heterocycles. The second-order valence-electron chi connectivity index (χ2n) is 6.63. The van der Waals surface area contributed by atoms with Crippen molar-refractivity contribution in [3.8, 4) is 0 Å². The molecule has 106 valence electrons. The van der Waals surface area contributed by atoms with Gasteiger partial charge < -0.3 is 9.47 Å². The number of hydrogen-bond acceptors (Lipinski definition) is 2. The van der Waals surface area contributed by atoms with Gasteiger partial charge in [0.05, 0.1) is 18.3 Å².